The molecular weight excluding hydrogens is 226 g/mol. The molecule has 0 radical (unpaired) electrons. The van der Waals surface area contributed by atoms with E-state index in [9.17, 15) is 0 Å². The summed E-state index contributed by atoms with van der Waals surface area (Å²) in [5, 5.41) is 11.0. The maximum absolute atomic E-state index is 4.54. The van der Waals surface area contributed by atoms with Gasteiger partial charge in [-0.1, -0.05) is 0 Å². The van der Waals surface area contributed by atoms with Crippen LogP contribution in [-0.4, -0.2) is 33.7 Å². The standard InChI is InChI=1S/C13H19N5/c1-14-10-2-4-11(5-3-10)16-12-7-9-18-13(17-12)6-8-15-18/h6-11,14H,2-5H2,1H3,(H,16,17). The second-order valence-electron chi connectivity index (χ2n) is 4.93. The lowest BCUT2D eigenvalue weighted by Gasteiger charge is -2.29. The molecule has 0 amide bonds. The van der Waals surface area contributed by atoms with Crippen LogP contribution in [-0.2, 0) is 0 Å². The zero-order valence-electron chi connectivity index (χ0n) is 10.6. The van der Waals surface area contributed by atoms with Crippen LogP contribution in [0.3, 0.4) is 0 Å². The van der Waals surface area contributed by atoms with Gasteiger partial charge >= 0.3 is 0 Å². The fraction of sp³-hybridized carbons (Fsp3) is 0.538. The van der Waals surface area contributed by atoms with Gasteiger partial charge in [0.1, 0.15) is 5.82 Å². The molecular formula is C13H19N5. The lowest BCUT2D eigenvalue weighted by Crippen LogP contribution is -2.35. The largest absolute Gasteiger partial charge is 0.367 e. The minimum atomic E-state index is 0.549. The summed E-state index contributed by atoms with van der Waals surface area (Å²) >= 11 is 0. The minimum Gasteiger partial charge on any atom is -0.367 e. The molecule has 0 bridgehead atoms. The van der Waals surface area contributed by atoms with E-state index in [0.29, 0.717) is 12.1 Å². The number of hydrogen-bond donors (Lipinski definition) is 2. The van der Waals surface area contributed by atoms with Crippen LogP contribution < -0.4 is 10.6 Å². The molecule has 1 fully saturated rings. The topological polar surface area (TPSA) is 54.2 Å². The Kier molecular flexibility index (Phi) is 3.15. The van der Waals surface area contributed by atoms with Crippen molar-refractivity contribution < 1.29 is 0 Å². The number of nitrogens with one attached hydrogen (secondary N) is 2. The summed E-state index contributed by atoms with van der Waals surface area (Å²) in [6.45, 7) is 0. The third-order valence-corrected chi connectivity index (χ3v) is 3.75. The third kappa shape index (κ3) is 2.31. The molecule has 0 spiro atoms. The SMILES string of the molecule is CNC1CCC(Nc2ccn3nccc3n2)CC1. The molecule has 5 heteroatoms. The predicted octanol–water partition coefficient (Wildman–Crippen LogP) is 1.67. The monoisotopic (exact) mass is 245 g/mol. The van der Waals surface area contributed by atoms with Gasteiger partial charge in [0.2, 0.25) is 0 Å². The normalized spacial score (nSPS) is 24.3. The van der Waals surface area contributed by atoms with Gasteiger partial charge in [-0.25, -0.2) is 9.50 Å². The molecule has 1 aliphatic rings. The summed E-state index contributed by atoms with van der Waals surface area (Å²) in [7, 11) is 2.05. The van der Waals surface area contributed by atoms with Crippen molar-refractivity contribution in [2.45, 2.75) is 37.8 Å². The van der Waals surface area contributed by atoms with E-state index >= 15 is 0 Å². The highest BCUT2D eigenvalue weighted by atomic mass is 15.2. The van der Waals surface area contributed by atoms with Gasteiger partial charge in [0.25, 0.3) is 0 Å². The van der Waals surface area contributed by atoms with E-state index in [1.54, 1.807) is 10.7 Å². The molecule has 0 unspecified atom stereocenters. The molecule has 18 heavy (non-hydrogen) atoms. The van der Waals surface area contributed by atoms with E-state index in [1.165, 1.54) is 25.7 Å². The summed E-state index contributed by atoms with van der Waals surface area (Å²) in [4.78, 5) is 4.54. The van der Waals surface area contributed by atoms with E-state index in [2.05, 4.69) is 20.7 Å². The van der Waals surface area contributed by atoms with Gasteiger partial charge < -0.3 is 10.6 Å². The lowest BCUT2D eigenvalue weighted by molar-refractivity contribution is 0.371. The van der Waals surface area contributed by atoms with Crippen molar-refractivity contribution in [1.82, 2.24) is 19.9 Å². The van der Waals surface area contributed by atoms with E-state index in [-0.39, 0.29) is 0 Å². The minimum absolute atomic E-state index is 0.549. The fourth-order valence-corrected chi connectivity index (χ4v) is 2.63. The Labute approximate surface area is 107 Å². The highest BCUT2D eigenvalue weighted by molar-refractivity contribution is 5.45. The van der Waals surface area contributed by atoms with Crippen LogP contribution in [0.5, 0.6) is 0 Å². The van der Waals surface area contributed by atoms with Crippen molar-refractivity contribution in [1.29, 1.82) is 0 Å². The highest BCUT2D eigenvalue weighted by Crippen LogP contribution is 2.21. The Hall–Kier alpha value is -1.62. The molecule has 96 valence electrons. The van der Waals surface area contributed by atoms with Crippen LogP contribution in [0.4, 0.5) is 5.82 Å². The van der Waals surface area contributed by atoms with Crippen molar-refractivity contribution in [2.75, 3.05) is 12.4 Å². The predicted molar refractivity (Wildman–Crippen MR) is 71.7 cm³/mol. The zero-order chi connectivity index (χ0) is 12.4. The van der Waals surface area contributed by atoms with E-state index in [0.717, 1.165) is 11.5 Å². The van der Waals surface area contributed by atoms with Gasteiger partial charge in [0.05, 0.1) is 6.20 Å². The number of rotatable bonds is 3. The molecule has 0 saturated heterocycles. The number of hydrogen-bond acceptors (Lipinski definition) is 4. The second-order valence-corrected chi connectivity index (χ2v) is 4.93. The Morgan fingerprint density at radius 1 is 1.17 bits per heavy atom. The van der Waals surface area contributed by atoms with Crippen LogP contribution in [0, 0.1) is 0 Å². The molecule has 0 atom stereocenters. The van der Waals surface area contributed by atoms with Gasteiger partial charge in [0.15, 0.2) is 5.65 Å². The summed E-state index contributed by atoms with van der Waals surface area (Å²) in [6.07, 6.45) is 8.61. The van der Waals surface area contributed by atoms with Crippen molar-refractivity contribution in [3.05, 3.63) is 24.5 Å². The van der Waals surface area contributed by atoms with E-state index in [4.69, 9.17) is 0 Å². The molecule has 1 saturated carbocycles. The summed E-state index contributed by atoms with van der Waals surface area (Å²) in [5.41, 5.74) is 0.893. The van der Waals surface area contributed by atoms with Crippen LogP contribution in [0.2, 0.25) is 0 Å². The Morgan fingerprint density at radius 2 is 1.94 bits per heavy atom. The summed E-state index contributed by atoms with van der Waals surface area (Å²) < 4.78 is 1.78. The quantitative estimate of drug-likeness (QED) is 0.863. The van der Waals surface area contributed by atoms with Crippen molar-refractivity contribution in [3.63, 3.8) is 0 Å². The number of nitrogens with zero attached hydrogens (tertiary/aromatic N) is 3. The highest BCUT2D eigenvalue weighted by Gasteiger charge is 2.19. The van der Waals surface area contributed by atoms with Crippen molar-refractivity contribution in [2.24, 2.45) is 0 Å². The number of aromatic nitrogens is 3. The first-order valence-electron chi connectivity index (χ1n) is 6.59. The fourth-order valence-electron chi connectivity index (χ4n) is 2.63. The third-order valence-electron chi connectivity index (χ3n) is 3.75. The molecule has 2 N–H and O–H groups in total. The smallest absolute Gasteiger partial charge is 0.157 e. The Balaban J connectivity index is 1.65. The molecule has 2 heterocycles. The second kappa shape index (κ2) is 4.94. The average Bonchev–Trinajstić information content (AvgIpc) is 2.87. The molecule has 5 nitrogen and oxygen atoms in total. The maximum Gasteiger partial charge on any atom is 0.157 e. The lowest BCUT2D eigenvalue weighted by atomic mass is 9.91. The number of anilines is 1. The van der Waals surface area contributed by atoms with Crippen LogP contribution in [0.1, 0.15) is 25.7 Å². The van der Waals surface area contributed by atoms with Crippen molar-refractivity contribution >= 4 is 11.5 Å². The Morgan fingerprint density at radius 3 is 2.72 bits per heavy atom. The van der Waals surface area contributed by atoms with Gasteiger partial charge in [-0.15, -0.1) is 0 Å². The maximum atomic E-state index is 4.54. The molecule has 2 aromatic rings. The van der Waals surface area contributed by atoms with E-state index < -0.39 is 0 Å². The molecule has 0 aliphatic heterocycles. The summed E-state index contributed by atoms with van der Waals surface area (Å²) in [6, 6.07) is 5.15. The first-order chi connectivity index (χ1) is 8.85. The van der Waals surface area contributed by atoms with Crippen LogP contribution in [0.25, 0.3) is 5.65 Å². The van der Waals surface area contributed by atoms with Gasteiger partial charge in [0, 0.05) is 24.3 Å². The molecule has 2 aromatic heterocycles. The van der Waals surface area contributed by atoms with Gasteiger partial charge in [-0.3, -0.25) is 0 Å². The molecule has 3 rings (SSSR count). The number of fused-ring (bicyclic) bond motifs is 1. The van der Waals surface area contributed by atoms with Crippen LogP contribution >= 0.6 is 0 Å². The van der Waals surface area contributed by atoms with E-state index in [1.807, 2.05) is 25.4 Å². The Bertz CT molecular complexity index is 513. The van der Waals surface area contributed by atoms with Gasteiger partial charge in [-0.2, -0.15) is 5.10 Å². The zero-order valence-corrected chi connectivity index (χ0v) is 10.6. The molecule has 0 aromatic carbocycles. The molecule has 1 aliphatic carbocycles. The first kappa shape index (κ1) is 11.5. The van der Waals surface area contributed by atoms with Crippen molar-refractivity contribution in [3.8, 4) is 0 Å². The average molecular weight is 245 g/mol. The summed E-state index contributed by atoms with van der Waals surface area (Å²) in [5.74, 6) is 0.955. The van der Waals surface area contributed by atoms with Gasteiger partial charge in [-0.05, 0) is 38.8 Å². The van der Waals surface area contributed by atoms with Crippen LogP contribution in [0.15, 0.2) is 24.5 Å². The first-order valence-corrected chi connectivity index (χ1v) is 6.59.